The number of hydrogen-bond donors (Lipinski definition) is 1. The number of nitrogens with zero attached hydrogens (tertiary/aromatic N) is 3. The number of aliphatic hydroxyl groups is 1. The minimum absolute atomic E-state index is 0.00209. The first kappa shape index (κ1) is 20.8. The van der Waals surface area contributed by atoms with Gasteiger partial charge in [0.1, 0.15) is 17.6 Å². The molecule has 0 radical (unpaired) electrons. The number of thiazole rings is 1. The minimum atomic E-state index is -1.07. The molecular formula is C23H17N3O6S. The molecule has 0 spiro atoms. The number of carbonyl (C=O) groups excluding carboxylic acids is 2. The van der Waals surface area contributed by atoms with Crippen LogP contribution in [0.1, 0.15) is 29.7 Å². The van der Waals surface area contributed by atoms with Crippen LogP contribution in [0, 0.1) is 10.1 Å². The summed E-state index contributed by atoms with van der Waals surface area (Å²) in [4.78, 5) is 42.3. The Labute approximate surface area is 191 Å². The number of non-ortho nitro benzene ring substituents is 1. The standard InChI is InChI=1S/C23H17N3O6S/c1-12-9-15-10-14(5-6-17(15)32-12)20(27)18-19(13-3-2-4-16(11-13)26(30)31)25(22(29)21(18)28)23-24-7-8-33-23/h2-8,10-12,19,27H,9H2,1H3/b20-18+/t12-,19+/m1/s1. The van der Waals surface area contributed by atoms with Gasteiger partial charge in [-0.05, 0) is 36.2 Å². The number of hydrogen-bond acceptors (Lipinski definition) is 8. The summed E-state index contributed by atoms with van der Waals surface area (Å²) in [6, 6.07) is 9.66. The van der Waals surface area contributed by atoms with Crippen molar-refractivity contribution in [1.82, 2.24) is 4.98 Å². The van der Waals surface area contributed by atoms with Gasteiger partial charge >= 0.3 is 5.91 Å². The van der Waals surface area contributed by atoms with Crippen LogP contribution in [0.15, 0.2) is 59.6 Å². The molecule has 2 aromatic carbocycles. The van der Waals surface area contributed by atoms with Crippen molar-refractivity contribution in [3.63, 3.8) is 0 Å². The smallest absolute Gasteiger partial charge is 0.301 e. The molecule has 3 heterocycles. The average Bonchev–Trinajstić information content (AvgIpc) is 3.51. The Morgan fingerprint density at radius 3 is 2.82 bits per heavy atom. The molecule has 1 aromatic heterocycles. The number of aromatic nitrogens is 1. The van der Waals surface area contributed by atoms with Crippen molar-refractivity contribution in [2.24, 2.45) is 0 Å². The lowest BCUT2D eigenvalue weighted by atomic mass is 9.94. The number of amides is 1. The SMILES string of the molecule is C[C@@H]1Cc2cc(/C(O)=C3\C(=O)C(=O)N(c4nccs4)[C@H]3c3cccc([N+](=O)[O-])c3)ccc2O1. The predicted molar refractivity (Wildman–Crippen MR) is 120 cm³/mol. The monoisotopic (exact) mass is 463 g/mol. The Kier molecular flexibility index (Phi) is 4.94. The number of ketones is 1. The topological polar surface area (TPSA) is 123 Å². The number of fused-ring (bicyclic) bond motifs is 1. The Morgan fingerprint density at radius 1 is 1.27 bits per heavy atom. The van der Waals surface area contributed by atoms with Crippen molar-refractivity contribution >= 4 is 39.6 Å². The summed E-state index contributed by atoms with van der Waals surface area (Å²) < 4.78 is 5.70. The van der Waals surface area contributed by atoms with Crippen LogP contribution in [0.5, 0.6) is 5.75 Å². The molecule has 2 atom stereocenters. The molecule has 1 amide bonds. The van der Waals surface area contributed by atoms with E-state index >= 15 is 0 Å². The Balaban J connectivity index is 1.70. The van der Waals surface area contributed by atoms with E-state index in [1.54, 1.807) is 29.6 Å². The van der Waals surface area contributed by atoms with Crippen molar-refractivity contribution < 1.29 is 24.4 Å². The molecule has 0 aliphatic carbocycles. The highest BCUT2D eigenvalue weighted by molar-refractivity contribution is 7.14. The predicted octanol–water partition coefficient (Wildman–Crippen LogP) is 4.00. The number of aliphatic hydroxyl groups excluding tert-OH is 1. The normalized spacial score (nSPS) is 21.2. The molecule has 1 saturated heterocycles. The van der Waals surface area contributed by atoms with E-state index in [0.717, 1.165) is 16.9 Å². The summed E-state index contributed by atoms with van der Waals surface area (Å²) in [5.41, 5.74) is 1.22. The van der Waals surface area contributed by atoms with Gasteiger partial charge in [-0.15, -0.1) is 11.3 Å². The first-order valence-corrected chi connectivity index (χ1v) is 11.0. The molecule has 2 aliphatic heterocycles. The van der Waals surface area contributed by atoms with Crippen molar-refractivity contribution in [2.75, 3.05) is 4.90 Å². The van der Waals surface area contributed by atoms with Crippen LogP contribution in [0.2, 0.25) is 0 Å². The van der Waals surface area contributed by atoms with Crippen LogP contribution < -0.4 is 9.64 Å². The molecule has 10 heteroatoms. The fourth-order valence-electron chi connectivity index (χ4n) is 4.21. The molecule has 1 N–H and O–H groups in total. The third kappa shape index (κ3) is 3.44. The summed E-state index contributed by atoms with van der Waals surface area (Å²) in [7, 11) is 0. The lowest BCUT2D eigenvalue weighted by Gasteiger charge is -2.22. The van der Waals surface area contributed by atoms with Crippen molar-refractivity contribution in [3.05, 3.63) is 86.4 Å². The van der Waals surface area contributed by atoms with Gasteiger partial charge in [-0.25, -0.2) is 4.98 Å². The quantitative estimate of drug-likeness (QED) is 0.204. The number of nitro groups is 1. The van der Waals surface area contributed by atoms with Gasteiger partial charge in [-0.3, -0.25) is 24.6 Å². The molecule has 166 valence electrons. The zero-order valence-electron chi connectivity index (χ0n) is 17.3. The fourth-order valence-corrected chi connectivity index (χ4v) is 4.88. The van der Waals surface area contributed by atoms with Gasteiger partial charge in [0, 0.05) is 35.7 Å². The van der Waals surface area contributed by atoms with Crippen LogP contribution in [-0.4, -0.2) is 32.8 Å². The average molecular weight is 463 g/mol. The van der Waals surface area contributed by atoms with Gasteiger partial charge in [0.05, 0.1) is 16.5 Å². The van der Waals surface area contributed by atoms with Crippen LogP contribution in [0.25, 0.3) is 5.76 Å². The third-order valence-corrected chi connectivity index (χ3v) is 6.41. The van der Waals surface area contributed by atoms with E-state index in [-0.39, 0.29) is 28.3 Å². The van der Waals surface area contributed by atoms with E-state index in [9.17, 15) is 24.8 Å². The number of nitro benzene ring substituents is 1. The Hall–Kier alpha value is -4.05. The van der Waals surface area contributed by atoms with Crippen LogP contribution >= 0.6 is 11.3 Å². The lowest BCUT2D eigenvalue weighted by Crippen LogP contribution is -2.29. The minimum Gasteiger partial charge on any atom is -0.507 e. The Morgan fingerprint density at radius 2 is 2.09 bits per heavy atom. The number of anilines is 1. The maximum absolute atomic E-state index is 13.1. The van der Waals surface area contributed by atoms with Crippen molar-refractivity contribution in [3.8, 4) is 5.75 Å². The maximum atomic E-state index is 13.1. The summed E-state index contributed by atoms with van der Waals surface area (Å²) in [6.07, 6.45) is 2.14. The lowest BCUT2D eigenvalue weighted by molar-refractivity contribution is -0.384. The van der Waals surface area contributed by atoms with E-state index < -0.39 is 22.7 Å². The first-order chi connectivity index (χ1) is 15.8. The largest absolute Gasteiger partial charge is 0.507 e. The second-order valence-corrected chi connectivity index (χ2v) is 8.66. The summed E-state index contributed by atoms with van der Waals surface area (Å²) in [5.74, 6) is -1.39. The summed E-state index contributed by atoms with van der Waals surface area (Å²) in [6.45, 7) is 1.93. The van der Waals surface area contributed by atoms with Gasteiger partial charge in [0.15, 0.2) is 5.13 Å². The fraction of sp³-hybridized carbons (Fsp3) is 0.174. The van der Waals surface area contributed by atoms with E-state index in [2.05, 4.69) is 4.98 Å². The van der Waals surface area contributed by atoms with E-state index in [1.807, 2.05) is 6.92 Å². The highest BCUT2D eigenvalue weighted by Gasteiger charge is 2.48. The van der Waals surface area contributed by atoms with Crippen LogP contribution in [-0.2, 0) is 16.0 Å². The summed E-state index contributed by atoms with van der Waals surface area (Å²) >= 11 is 1.15. The van der Waals surface area contributed by atoms with E-state index in [4.69, 9.17) is 4.74 Å². The van der Waals surface area contributed by atoms with Gasteiger partial charge in [-0.2, -0.15) is 0 Å². The second-order valence-electron chi connectivity index (χ2n) is 7.79. The highest BCUT2D eigenvalue weighted by Crippen LogP contribution is 2.43. The van der Waals surface area contributed by atoms with E-state index in [0.29, 0.717) is 23.3 Å². The molecule has 9 nitrogen and oxygen atoms in total. The van der Waals surface area contributed by atoms with Crippen LogP contribution in [0.4, 0.5) is 10.8 Å². The van der Waals surface area contributed by atoms with Gasteiger partial charge in [0.25, 0.3) is 11.5 Å². The van der Waals surface area contributed by atoms with Crippen LogP contribution in [0.3, 0.4) is 0 Å². The highest BCUT2D eigenvalue weighted by atomic mass is 32.1. The zero-order chi connectivity index (χ0) is 23.3. The van der Waals surface area contributed by atoms with Crippen molar-refractivity contribution in [1.29, 1.82) is 0 Å². The number of ether oxygens (including phenoxy) is 1. The van der Waals surface area contributed by atoms with Gasteiger partial charge in [0.2, 0.25) is 0 Å². The molecule has 33 heavy (non-hydrogen) atoms. The zero-order valence-corrected chi connectivity index (χ0v) is 18.1. The molecule has 3 aromatic rings. The molecule has 0 saturated carbocycles. The number of benzene rings is 2. The molecule has 0 bridgehead atoms. The molecule has 0 unspecified atom stereocenters. The number of Topliss-reactive ketones (excluding diaryl/α,β-unsaturated/α-hetero) is 1. The van der Waals surface area contributed by atoms with Gasteiger partial charge < -0.3 is 9.84 Å². The third-order valence-electron chi connectivity index (χ3n) is 5.64. The first-order valence-electron chi connectivity index (χ1n) is 10.1. The second kappa shape index (κ2) is 7.82. The maximum Gasteiger partial charge on any atom is 0.301 e. The summed E-state index contributed by atoms with van der Waals surface area (Å²) in [5, 5.41) is 24.5. The molecule has 1 fully saturated rings. The molecular weight excluding hydrogens is 446 g/mol. The van der Waals surface area contributed by atoms with Gasteiger partial charge in [-0.1, -0.05) is 12.1 Å². The number of rotatable bonds is 4. The van der Waals surface area contributed by atoms with E-state index in [1.165, 1.54) is 29.3 Å². The molecule has 5 rings (SSSR count). The van der Waals surface area contributed by atoms with Crippen molar-refractivity contribution in [2.45, 2.75) is 25.5 Å². The Bertz CT molecular complexity index is 1330. The number of carbonyl (C=O) groups is 2. The molecule has 2 aliphatic rings.